The van der Waals surface area contributed by atoms with Crippen LogP contribution in [0.2, 0.25) is 0 Å². The summed E-state index contributed by atoms with van der Waals surface area (Å²) in [4.78, 5) is 19.8. The summed E-state index contributed by atoms with van der Waals surface area (Å²) >= 11 is 1.47. The van der Waals surface area contributed by atoms with Gasteiger partial charge in [0.15, 0.2) is 10.8 Å². The third-order valence-electron chi connectivity index (χ3n) is 4.60. The van der Waals surface area contributed by atoms with Crippen molar-refractivity contribution in [3.8, 4) is 5.75 Å². The first-order valence-corrected chi connectivity index (χ1v) is 10.2. The lowest BCUT2D eigenvalue weighted by atomic mass is 10.2. The molecule has 2 aromatic carbocycles. The van der Waals surface area contributed by atoms with Crippen LogP contribution in [-0.4, -0.2) is 27.8 Å². The highest BCUT2D eigenvalue weighted by atomic mass is 32.1. The summed E-state index contributed by atoms with van der Waals surface area (Å²) in [7, 11) is 1.64. The molecule has 0 saturated carbocycles. The lowest BCUT2D eigenvalue weighted by molar-refractivity contribution is 0.0979. The van der Waals surface area contributed by atoms with Crippen molar-refractivity contribution < 1.29 is 9.53 Å². The Morgan fingerprint density at radius 3 is 2.66 bits per heavy atom. The van der Waals surface area contributed by atoms with Crippen molar-refractivity contribution in [3.63, 3.8) is 0 Å². The average Bonchev–Trinajstić information content (AvgIpc) is 3.39. The molecule has 0 bridgehead atoms. The molecule has 0 spiro atoms. The maximum Gasteiger partial charge on any atom is 0.280 e. The van der Waals surface area contributed by atoms with E-state index in [0.29, 0.717) is 17.4 Å². The monoisotopic (exact) mass is 406 g/mol. The van der Waals surface area contributed by atoms with Crippen molar-refractivity contribution in [1.82, 2.24) is 14.8 Å². The fourth-order valence-corrected chi connectivity index (χ4v) is 4.00. The van der Waals surface area contributed by atoms with E-state index < -0.39 is 0 Å². The molecule has 0 atom stereocenters. The molecule has 29 heavy (non-hydrogen) atoms. The molecule has 0 fully saturated rings. The highest BCUT2D eigenvalue weighted by Crippen LogP contribution is 2.33. The van der Waals surface area contributed by atoms with Crippen LogP contribution in [0.25, 0.3) is 10.2 Å². The number of thiazole rings is 1. The SMILES string of the molecule is COc1ccc2nc(N(Cc3ccccc3)C(=O)c3ccn(C(C)C)n3)sc2c1. The fraction of sp³-hybridized carbons (Fsp3) is 0.227. The Balaban J connectivity index is 1.74. The number of fused-ring (bicyclic) bond motifs is 1. The van der Waals surface area contributed by atoms with Crippen LogP contribution >= 0.6 is 11.3 Å². The topological polar surface area (TPSA) is 60.2 Å². The van der Waals surface area contributed by atoms with Crippen molar-refractivity contribution in [1.29, 1.82) is 0 Å². The first kappa shape index (κ1) is 19.1. The van der Waals surface area contributed by atoms with Crippen molar-refractivity contribution in [2.75, 3.05) is 12.0 Å². The molecule has 2 aromatic heterocycles. The van der Waals surface area contributed by atoms with Gasteiger partial charge in [-0.1, -0.05) is 41.7 Å². The molecular formula is C22H22N4O2S. The van der Waals surface area contributed by atoms with Gasteiger partial charge >= 0.3 is 0 Å². The number of benzene rings is 2. The Hall–Kier alpha value is -3.19. The third kappa shape index (κ3) is 4.00. The molecule has 0 N–H and O–H groups in total. The maximum absolute atomic E-state index is 13.4. The Kier molecular flexibility index (Phi) is 5.31. The Bertz CT molecular complexity index is 1130. The number of methoxy groups -OCH3 is 1. The van der Waals surface area contributed by atoms with Crippen LogP contribution in [0, 0.1) is 0 Å². The minimum atomic E-state index is -0.167. The number of aromatic nitrogens is 3. The first-order chi connectivity index (χ1) is 14.0. The number of hydrogen-bond donors (Lipinski definition) is 0. The zero-order valence-corrected chi connectivity index (χ0v) is 17.4. The fourth-order valence-electron chi connectivity index (χ4n) is 3.01. The summed E-state index contributed by atoms with van der Waals surface area (Å²) in [6, 6.07) is 17.6. The summed E-state index contributed by atoms with van der Waals surface area (Å²) in [5.74, 6) is 0.601. The third-order valence-corrected chi connectivity index (χ3v) is 5.64. The Labute approximate surface area is 173 Å². The van der Waals surface area contributed by atoms with E-state index >= 15 is 0 Å². The molecule has 0 radical (unpaired) electrons. The van der Waals surface area contributed by atoms with Crippen molar-refractivity contribution in [2.24, 2.45) is 0 Å². The van der Waals surface area contributed by atoms with E-state index in [1.54, 1.807) is 22.8 Å². The van der Waals surface area contributed by atoms with Gasteiger partial charge in [-0.3, -0.25) is 14.4 Å². The summed E-state index contributed by atoms with van der Waals surface area (Å²) in [6.07, 6.45) is 1.84. The van der Waals surface area contributed by atoms with Gasteiger partial charge < -0.3 is 4.74 Å². The molecule has 0 aliphatic rings. The standard InChI is InChI=1S/C22H22N4O2S/c1-15(2)26-12-11-19(24-26)21(27)25(14-16-7-5-4-6-8-16)22-23-18-10-9-17(28-3)13-20(18)29-22/h4-13,15H,14H2,1-3H3. The molecule has 4 rings (SSSR count). The first-order valence-electron chi connectivity index (χ1n) is 9.40. The van der Waals surface area contributed by atoms with Crippen molar-refractivity contribution in [2.45, 2.75) is 26.4 Å². The minimum Gasteiger partial charge on any atom is -0.497 e. The van der Waals surface area contributed by atoms with Gasteiger partial charge in [-0.15, -0.1) is 0 Å². The lowest BCUT2D eigenvalue weighted by Gasteiger charge is -2.19. The molecule has 4 aromatic rings. The summed E-state index contributed by atoms with van der Waals surface area (Å²) in [5, 5.41) is 5.10. The van der Waals surface area contributed by atoms with Crippen LogP contribution in [0.5, 0.6) is 5.75 Å². The van der Waals surface area contributed by atoms with E-state index in [1.165, 1.54) is 11.3 Å². The van der Waals surface area contributed by atoms with Gasteiger partial charge in [0.25, 0.3) is 5.91 Å². The summed E-state index contributed by atoms with van der Waals surface area (Å²) in [5.41, 5.74) is 2.27. The van der Waals surface area contributed by atoms with Gasteiger partial charge in [-0.25, -0.2) is 4.98 Å². The molecule has 2 heterocycles. The minimum absolute atomic E-state index is 0.167. The predicted molar refractivity (Wildman–Crippen MR) is 116 cm³/mol. The molecule has 0 saturated heterocycles. The Morgan fingerprint density at radius 2 is 1.97 bits per heavy atom. The van der Waals surface area contributed by atoms with Gasteiger partial charge in [-0.2, -0.15) is 5.10 Å². The van der Waals surface area contributed by atoms with E-state index in [2.05, 4.69) is 5.10 Å². The van der Waals surface area contributed by atoms with E-state index in [-0.39, 0.29) is 11.9 Å². The van der Waals surface area contributed by atoms with Crippen LogP contribution in [0.3, 0.4) is 0 Å². The second kappa shape index (κ2) is 8.05. The van der Waals surface area contributed by atoms with Gasteiger partial charge in [0, 0.05) is 12.2 Å². The number of carbonyl (C=O) groups is 1. The number of carbonyl (C=O) groups excluding carboxylic acids is 1. The van der Waals surface area contributed by atoms with E-state index in [4.69, 9.17) is 9.72 Å². The second-order valence-corrected chi connectivity index (χ2v) is 7.99. The van der Waals surface area contributed by atoms with E-state index in [0.717, 1.165) is 21.5 Å². The zero-order chi connectivity index (χ0) is 20.4. The molecule has 148 valence electrons. The van der Waals surface area contributed by atoms with Crippen LogP contribution in [0.4, 0.5) is 5.13 Å². The quantitative estimate of drug-likeness (QED) is 0.456. The normalized spacial score (nSPS) is 11.2. The molecular weight excluding hydrogens is 384 g/mol. The molecule has 1 amide bonds. The van der Waals surface area contributed by atoms with Crippen molar-refractivity contribution in [3.05, 3.63) is 72.1 Å². The number of ether oxygens (including phenoxy) is 1. The highest BCUT2D eigenvalue weighted by Gasteiger charge is 2.24. The molecule has 7 heteroatoms. The summed E-state index contributed by atoms with van der Waals surface area (Å²) in [6.45, 7) is 4.49. The number of amides is 1. The number of nitrogens with zero attached hydrogens (tertiary/aromatic N) is 4. The van der Waals surface area contributed by atoms with Gasteiger partial charge in [0.05, 0.1) is 23.9 Å². The largest absolute Gasteiger partial charge is 0.497 e. The zero-order valence-electron chi connectivity index (χ0n) is 16.6. The van der Waals surface area contributed by atoms with E-state index in [1.807, 2.05) is 68.6 Å². The average molecular weight is 407 g/mol. The van der Waals surface area contributed by atoms with Crippen molar-refractivity contribution >= 4 is 32.6 Å². The van der Waals surface area contributed by atoms with Crippen LogP contribution in [0.15, 0.2) is 60.8 Å². The van der Waals surface area contributed by atoms with Crippen LogP contribution < -0.4 is 9.64 Å². The Morgan fingerprint density at radius 1 is 1.17 bits per heavy atom. The van der Waals surface area contributed by atoms with Crippen LogP contribution in [-0.2, 0) is 6.54 Å². The summed E-state index contributed by atoms with van der Waals surface area (Å²) < 4.78 is 8.07. The van der Waals surface area contributed by atoms with E-state index in [9.17, 15) is 4.79 Å². The predicted octanol–water partition coefficient (Wildman–Crippen LogP) is 4.93. The lowest BCUT2D eigenvalue weighted by Crippen LogP contribution is -2.30. The number of hydrogen-bond acceptors (Lipinski definition) is 5. The highest BCUT2D eigenvalue weighted by molar-refractivity contribution is 7.22. The van der Waals surface area contributed by atoms with Crippen LogP contribution in [0.1, 0.15) is 35.9 Å². The smallest absolute Gasteiger partial charge is 0.280 e. The second-order valence-electron chi connectivity index (χ2n) is 6.98. The molecule has 0 aliphatic heterocycles. The maximum atomic E-state index is 13.4. The molecule has 0 unspecified atom stereocenters. The van der Waals surface area contributed by atoms with Gasteiger partial charge in [-0.05, 0) is 43.7 Å². The number of rotatable bonds is 6. The molecule has 0 aliphatic carbocycles. The molecule has 6 nitrogen and oxygen atoms in total. The number of anilines is 1. The van der Waals surface area contributed by atoms with Gasteiger partial charge in [0.1, 0.15) is 5.75 Å². The van der Waals surface area contributed by atoms with Gasteiger partial charge in [0.2, 0.25) is 0 Å².